The SMILES string of the molecule is CCC(N)CCN1CCC2CCC(C1)N2C. The minimum atomic E-state index is 0.401. The van der Waals surface area contributed by atoms with Gasteiger partial charge in [-0.3, -0.25) is 4.90 Å². The second-order valence-corrected chi connectivity index (χ2v) is 5.60. The summed E-state index contributed by atoms with van der Waals surface area (Å²) in [6, 6.07) is 2.07. The normalized spacial score (nSPS) is 33.9. The topological polar surface area (TPSA) is 32.5 Å². The fourth-order valence-corrected chi connectivity index (χ4v) is 3.13. The fourth-order valence-electron chi connectivity index (χ4n) is 3.13. The number of likely N-dealkylation sites (tertiary alicyclic amines) is 1. The molecule has 16 heavy (non-hydrogen) atoms. The molecule has 2 saturated heterocycles. The van der Waals surface area contributed by atoms with Gasteiger partial charge in [-0.15, -0.1) is 0 Å². The summed E-state index contributed by atoms with van der Waals surface area (Å²) in [6.07, 6.45) is 6.45. The van der Waals surface area contributed by atoms with Crippen LogP contribution in [-0.2, 0) is 0 Å². The highest BCUT2D eigenvalue weighted by molar-refractivity contribution is 4.91. The minimum Gasteiger partial charge on any atom is -0.328 e. The van der Waals surface area contributed by atoms with Crippen molar-refractivity contribution in [1.29, 1.82) is 0 Å². The molecule has 0 aromatic rings. The van der Waals surface area contributed by atoms with E-state index >= 15 is 0 Å². The number of hydrogen-bond donors (Lipinski definition) is 1. The molecule has 0 aliphatic carbocycles. The molecule has 2 fully saturated rings. The van der Waals surface area contributed by atoms with E-state index in [4.69, 9.17) is 5.73 Å². The third-order valence-corrected chi connectivity index (χ3v) is 4.57. The van der Waals surface area contributed by atoms with Gasteiger partial charge in [-0.1, -0.05) is 6.92 Å². The summed E-state index contributed by atoms with van der Waals surface area (Å²) in [7, 11) is 2.31. The molecule has 0 amide bonds. The van der Waals surface area contributed by atoms with Gasteiger partial charge in [-0.25, -0.2) is 0 Å². The molecule has 2 aliphatic heterocycles. The van der Waals surface area contributed by atoms with E-state index in [1.807, 2.05) is 0 Å². The second-order valence-electron chi connectivity index (χ2n) is 5.60. The van der Waals surface area contributed by atoms with E-state index in [0.717, 1.165) is 24.9 Å². The van der Waals surface area contributed by atoms with Crippen LogP contribution in [0.2, 0.25) is 0 Å². The highest BCUT2D eigenvalue weighted by Crippen LogP contribution is 2.28. The van der Waals surface area contributed by atoms with Gasteiger partial charge >= 0.3 is 0 Å². The molecular weight excluding hydrogens is 198 g/mol. The first kappa shape index (κ1) is 12.3. The Bertz CT molecular complexity index is 219. The number of nitrogens with two attached hydrogens (primary N) is 1. The van der Waals surface area contributed by atoms with E-state index in [0.29, 0.717) is 6.04 Å². The van der Waals surface area contributed by atoms with E-state index in [-0.39, 0.29) is 0 Å². The lowest BCUT2D eigenvalue weighted by Crippen LogP contribution is -2.38. The Kier molecular flexibility index (Phi) is 4.22. The smallest absolute Gasteiger partial charge is 0.0223 e. The third-order valence-electron chi connectivity index (χ3n) is 4.57. The number of hydrogen-bond acceptors (Lipinski definition) is 3. The second kappa shape index (κ2) is 5.48. The monoisotopic (exact) mass is 225 g/mol. The van der Waals surface area contributed by atoms with Crippen molar-refractivity contribution in [3.8, 4) is 0 Å². The van der Waals surface area contributed by atoms with E-state index in [9.17, 15) is 0 Å². The highest BCUT2D eigenvalue weighted by atomic mass is 15.3. The van der Waals surface area contributed by atoms with Crippen LogP contribution in [-0.4, -0.2) is 54.6 Å². The molecule has 0 saturated carbocycles. The molecule has 2 aliphatic rings. The van der Waals surface area contributed by atoms with Gasteiger partial charge in [0.2, 0.25) is 0 Å². The first-order chi connectivity index (χ1) is 7.70. The summed E-state index contributed by atoms with van der Waals surface area (Å²) in [4.78, 5) is 5.25. The van der Waals surface area contributed by atoms with Crippen molar-refractivity contribution >= 4 is 0 Å². The number of rotatable bonds is 4. The summed E-state index contributed by atoms with van der Waals surface area (Å²) < 4.78 is 0. The molecule has 0 aromatic heterocycles. The maximum absolute atomic E-state index is 6.00. The highest BCUT2D eigenvalue weighted by Gasteiger charge is 2.34. The van der Waals surface area contributed by atoms with Gasteiger partial charge < -0.3 is 10.6 Å². The van der Waals surface area contributed by atoms with Gasteiger partial charge in [-0.05, 0) is 52.2 Å². The molecule has 2 heterocycles. The van der Waals surface area contributed by atoms with Crippen LogP contribution in [0, 0.1) is 0 Å². The van der Waals surface area contributed by atoms with Crippen molar-refractivity contribution in [2.75, 3.05) is 26.7 Å². The number of fused-ring (bicyclic) bond motifs is 2. The van der Waals surface area contributed by atoms with Crippen molar-refractivity contribution in [1.82, 2.24) is 9.80 Å². The predicted octanol–water partition coefficient (Wildman–Crippen LogP) is 1.28. The van der Waals surface area contributed by atoms with Crippen LogP contribution in [0.4, 0.5) is 0 Å². The van der Waals surface area contributed by atoms with Gasteiger partial charge in [0.15, 0.2) is 0 Å². The molecule has 3 atom stereocenters. The average molecular weight is 225 g/mol. The van der Waals surface area contributed by atoms with Gasteiger partial charge in [0.25, 0.3) is 0 Å². The lowest BCUT2D eigenvalue weighted by Gasteiger charge is -2.26. The maximum Gasteiger partial charge on any atom is 0.0223 e. The Balaban J connectivity index is 1.80. The van der Waals surface area contributed by atoms with Crippen LogP contribution in [0.1, 0.15) is 39.0 Å². The minimum absolute atomic E-state index is 0.401. The number of nitrogens with zero attached hydrogens (tertiary/aromatic N) is 2. The first-order valence-electron chi connectivity index (χ1n) is 6.90. The van der Waals surface area contributed by atoms with E-state index in [1.165, 1.54) is 38.9 Å². The molecule has 0 spiro atoms. The van der Waals surface area contributed by atoms with Crippen molar-refractivity contribution in [2.24, 2.45) is 5.73 Å². The Morgan fingerprint density at radius 3 is 2.75 bits per heavy atom. The van der Waals surface area contributed by atoms with Crippen molar-refractivity contribution in [2.45, 2.75) is 57.2 Å². The van der Waals surface area contributed by atoms with E-state index in [1.54, 1.807) is 0 Å². The van der Waals surface area contributed by atoms with Crippen molar-refractivity contribution < 1.29 is 0 Å². The van der Waals surface area contributed by atoms with Gasteiger partial charge in [-0.2, -0.15) is 0 Å². The molecule has 3 unspecified atom stereocenters. The van der Waals surface area contributed by atoms with Crippen LogP contribution in [0.3, 0.4) is 0 Å². The summed E-state index contributed by atoms with van der Waals surface area (Å²) in [5, 5.41) is 0. The Labute approximate surface area is 100.0 Å². The molecule has 0 aromatic carbocycles. The van der Waals surface area contributed by atoms with Crippen LogP contribution in [0.5, 0.6) is 0 Å². The Morgan fingerprint density at radius 2 is 2.00 bits per heavy atom. The zero-order valence-electron chi connectivity index (χ0n) is 10.9. The first-order valence-corrected chi connectivity index (χ1v) is 6.90. The quantitative estimate of drug-likeness (QED) is 0.782. The largest absolute Gasteiger partial charge is 0.328 e. The maximum atomic E-state index is 6.00. The predicted molar refractivity (Wildman–Crippen MR) is 68.5 cm³/mol. The van der Waals surface area contributed by atoms with E-state index in [2.05, 4.69) is 23.8 Å². The van der Waals surface area contributed by atoms with Crippen LogP contribution >= 0.6 is 0 Å². The lowest BCUT2D eigenvalue weighted by atomic mass is 10.1. The lowest BCUT2D eigenvalue weighted by molar-refractivity contribution is 0.214. The van der Waals surface area contributed by atoms with Crippen molar-refractivity contribution in [3.05, 3.63) is 0 Å². The van der Waals surface area contributed by atoms with Gasteiger partial charge in [0, 0.05) is 24.7 Å². The summed E-state index contributed by atoms with van der Waals surface area (Å²) >= 11 is 0. The van der Waals surface area contributed by atoms with Crippen molar-refractivity contribution in [3.63, 3.8) is 0 Å². The molecule has 2 N–H and O–H groups in total. The van der Waals surface area contributed by atoms with Crippen LogP contribution in [0.25, 0.3) is 0 Å². The Hall–Kier alpha value is -0.120. The molecular formula is C13H27N3. The average Bonchev–Trinajstić information content (AvgIpc) is 2.52. The molecule has 2 bridgehead atoms. The van der Waals surface area contributed by atoms with Crippen LogP contribution in [0.15, 0.2) is 0 Å². The molecule has 94 valence electrons. The number of likely N-dealkylation sites (N-methyl/N-ethyl adjacent to an activating group) is 1. The zero-order valence-corrected chi connectivity index (χ0v) is 10.9. The fraction of sp³-hybridized carbons (Fsp3) is 1.00. The molecule has 3 heteroatoms. The third kappa shape index (κ3) is 2.76. The van der Waals surface area contributed by atoms with Crippen LogP contribution < -0.4 is 5.73 Å². The molecule has 2 rings (SSSR count). The summed E-state index contributed by atoms with van der Waals surface area (Å²) in [5.41, 5.74) is 6.00. The zero-order chi connectivity index (χ0) is 11.5. The van der Waals surface area contributed by atoms with Gasteiger partial charge in [0.1, 0.15) is 0 Å². The van der Waals surface area contributed by atoms with E-state index < -0.39 is 0 Å². The molecule has 3 nitrogen and oxygen atoms in total. The summed E-state index contributed by atoms with van der Waals surface area (Å²) in [6.45, 7) is 5.93. The van der Waals surface area contributed by atoms with Gasteiger partial charge in [0.05, 0.1) is 0 Å². The summed E-state index contributed by atoms with van der Waals surface area (Å²) in [5.74, 6) is 0. The Morgan fingerprint density at radius 1 is 1.25 bits per heavy atom. The standard InChI is InChI=1S/C13H27N3/c1-3-11(14)6-8-16-9-7-12-4-5-13(10-16)15(12)2/h11-13H,3-10,14H2,1-2H3. The molecule has 0 radical (unpaired) electrons.